The lowest BCUT2D eigenvalue weighted by molar-refractivity contribution is -0.135. The standard InChI is InChI=1S/C21H32N4O4/c1-6-24-19(27)21(25(20(24)28)13-15(4)5)7-9-23(10-8-21)18(26)17-12-16(29-22-17)11-14(2)3/h12,14-15H,6-11,13H2,1-5H3. The Labute approximate surface area is 172 Å². The summed E-state index contributed by atoms with van der Waals surface area (Å²) in [5.74, 6) is 1.07. The maximum Gasteiger partial charge on any atom is 0.327 e. The summed E-state index contributed by atoms with van der Waals surface area (Å²) in [4.78, 5) is 43.6. The minimum Gasteiger partial charge on any atom is -0.361 e. The van der Waals surface area contributed by atoms with Crippen LogP contribution in [0.5, 0.6) is 0 Å². The Kier molecular flexibility index (Phi) is 6.00. The van der Waals surface area contributed by atoms with Gasteiger partial charge < -0.3 is 14.3 Å². The molecule has 0 unspecified atom stereocenters. The zero-order valence-electron chi connectivity index (χ0n) is 18.1. The van der Waals surface area contributed by atoms with Gasteiger partial charge in [-0.25, -0.2) is 4.79 Å². The molecule has 2 saturated heterocycles. The molecule has 4 amide bonds. The van der Waals surface area contributed by atoms with E-state index in [0.717, 1.165) is 6.42 Å². The van der Waals surface area contributed by atoms with E-state index in [-0.39, 0.29) is 23.8 Å². The van der Waals surface area contributed by atoms with E-state index in [1.165, 1.54) is 4.90 Å². The molecule has 1 aromatic rings. The molecule has 160 valence electrons. The van der Waals surface area contributed by atoms with E-state index in [9.17, 15) is 14.4 Å². The third-order valence-electron chi connectivity index (χ3n) is 5.75. The molecule has 2 fully saturated rings. The van der Waals surface area contributed by atoms with Crippen molar-refractivity contribution in [3.05, 3.63) is 17.5 Å². The summed E-state index contributed by atoms with van der Waals surface area (Å²) in [7, 11) is 0. The number of likely N-dealkylation sites (tertiary alicyclic amines) is 1. The normalized spacial score (nSPS) is 19.3. The van der Waals surface area contributed by atoms with Crippen molar-refractivity contribution in [2.24, 2.45) is 11.8 Å². The number of piperidine rings is 1. The van der Waals surface area contributed by atoms with Crippen LogP contribution in [0.3, 0.4) is 0 Å². The predicted octanol–water partition coefficient (Wildman–Crippen LogP) is 2.79. The van der Waals surface area contributed by atoms with E-state index in [1.807, 2.05) is 20.8 Å². The molecular formula is C21H32N4O4. The fraction of sp³-hybridized carbons (Fsp3) is 0.714. The molecule has 0 radical (unpaired) electrons. The van der Waals surface area contributed by atoms with Crippen LogP contribution in [0, 0.1) is 11.8 Å². The van der Waals surface area contributed by atoms with Gasteiger partial charge in [-0.3, -0.25) is 14.5 Å². The van der Waals surface area contributed by atoms with Crippen LogP contribution >= 0.6 is 0 Å². The lowest BCUT2D eigenvalue weighted by Gasteiger charge is -2.42. The Bertz CT molecular complexity index is 777. The van der Waals surface area contributed by atoms with Crippen LogP contribution in [0.2, 0.25) is 0 Å². The first-order valence-corrected chi connectivity index (χ1v) is 10.6. The molecule has 0 saturated carbocycles. The molecule has 8 heteroatoms. The van der Waals surface area contributed by atoms with E-state index in [0.29, 0.717) is 56.4 Å². The molecular weight excluding hydrogens is 372 g/mol. The number of urea groups is 1. The maximum atomic E-state index is 13.1. The van der Waals surface area contributed by atoms with E-state index in [4.69, 9.17) is 4.52 Å². The van der Waals surface area contributed by atoms with Crippen LogP contribution in [0.4, 0.5) is 4.79 Å². The highest BCUT2D eigenvalue weighted by Gasteiger charge is 2.57. The minimum atomic E-state index is -0.833. The van der Waals surface area contributed by atoms with E-state index < -0.39 is 5.54 Å². The number of hydrogen-bond acceptors (Lipinski definition) is 5. The van der Waals surface area contributed by atoms with Crippen molar-refractivity contribution >= 4 is 17.8 Å². The van der Waals surface area contributed by atoms with Crippen molar-refractivity contribution in [1.29, 1.82) is 0 Å². The Morgan fingerprint density at radius 3 is 2.38 bits per heavy atom. The molecule has 2 aliphatic heterocycles. The third-order valence-corrected chi connectivity index (χ3v) is 5.75. The molecule has 1 aromatic heterocycles. The van der Waals surface area contributed by atoms with Crippen molar-refractivity contribution in [2.45, 2.75) is 59.4 Å². The van der Waals surface area contributed by atoms with E-state index in [2.05, 4.69) is 19.0 Å². The monoisotopic (exact) mass is 404 g/mol. The number of likely N-dealkylation sites (N-methyl/N-ethyl adjacent to an activating group) is 1. The number of aromatic nitrogens is 1. The van der Waals surface area contributed by atoms with Gasteiger partial charge in [0.1, 0.15) is 11.3 Å². The van der Waals surface area contributed by atoms with Crippen LogP contribution in [-0.4, -0.2) is 69.4 Å². The number of rotatable bonds is 6. The van der Waals surface area contributed by atoms with Gasteiger partial charge >= 0.3 is 6.03 Å². The van der Waals surface area contributed by atoms with Gasteiger partial charge in [-0.2, -0.15) is 0 Å². The van der Waals surface area contributed by atoms with Gasteiger partial charge in [-0.1, -0.05) is 32.9 Å². The average molecular weight is 405 g/mol. The number of carbonyl (C=O) groups excluding carboxylic acids is 3. The van der Waals surface area contributed by atoms with E-state index in [1.54, 1.807) is 15.9 Å². The van der Waals surface area contributed by atoms with Crippen molar-refractivity contribution < 1.29 is 18.9 Å². The van der Waals surface area contributed by atoms with Gasteiger partial charge in [0.25, 0.3) is 11.8 Å². The van der Waals surface area contributed by atoms with Crippen LogP contribution < -0.4 is 0 Å². The molecule has 3 rings (SSSR count). The lowest BCUT2D eigenvalue weighted by Crippen LogP contribution is -2.58. The molecule has 3 heterocycles. The van der Waals surface area contributed by atoms with Gasteiger partial charge in [0.2, 0.25) is 0 Å². The number of amides is 4. The highest BCUT2D eigenvalue weighted by atomic mass is 16.5. The molecule has 0 aromatic carbocycles. The summed E-state index contributed by atoms with van der Waals surface area (Å²) < 4.78 is 5.29. The fourth-order valence-electron chi connectivity index (χ4n) is 4.32. The zero-order chi connectivity index (χ0) is 21.3. The van der Waals surface area contributed by atoms with Crippen molar-refractivity contribution in [2.75, 3.05) is 26.2 Å². The second-order valence-electron chi connectivity index (χ2n) is 8.94. The van der Waals surface area contributed by atoms with Crippen molar-refractivity contribution in [3.8, 4) is 0 Å². The number of carbonyl (C=O) groups is 3. The Morgan fingerprint density at radius 1 is 1.17 bits per heavy atom. The van der Waals surface area contributed by atoms with Gasteiger partial charge in [-0.15, -0.1) is 0 Å². The highest BCUT2D eigenvalue weighted by molar-refractivity contribution is 6.07. The summed E-state index contributed by atoms with van der Waals surface area (Å²) in [6.45, 7) is 11.8. The molecule has 1 spiro atoms. The van der Waals surface area contributed by atoms with Crippen LogP contribution in [0.1, 0.15) is 63.7 Å². The molecule has 0 bridgehead atoms. The second-order valence-corrected chi connectivity index (χ2v) is 8.94. The van der Waals surface area contributed by atoms with Gasteiger partial charge in [0.15, 0.2) is 5.69 Å². The Morgan fingerprint density at radius 2 is 1.83 bits per heavy atom. The fourth-order valence-corrected chi connectivity index (χ4v) is 4.32. The van der Waals surface area contributed by atoms with Gasteiger partial charge in [-0.05, 0) is 31.6 Å². The summed E-state index contributed by atoms with van der Waals surface area (Å²) in [5, 5.41) is 3.93. The topological polar surface area (TPSA) is 87.0 Å². The number of imide groups is 1. The molecule has 0 atom stereocenters. The molecule has 0 aliphatic carbocycles. The van der Waals surface area contributed by atoms with Gasteiger partial charge in [0.05, 0.1) is 0 Å². The third kappa shape index (κ3) is 3.89. The van der Waals surface area contributed by atoms with Crippen LogP contribution in [0.15, 0.2) is 10.6 Å². The Hall–Kier alpha value is -2.38. The lowest BCUT2D eigenvalue weighted by atomic mass is 9.85. The van der Waals surface area contributed by atoms with Crippen molar-refractivity contribution in [3.63, 3.8) is 0 Å². The molecule has 2 aliphatic rings. The summed E-state index contributed by atoms with van der Waals surface area (Å²) in [6, 6.07) is 1.50. The SMILES string of the molecule is CCN1C(=O)N(CC(C)C)C2(CCN(C(=O)c3cc(CC(C)C)on3)CC2)C1=O. The van der Waals surface area contributed by atoms with E-state index >= 15 is 0 Å². The minimum absolute atomic E-state index is 0.126. The molecule has 0 N–H and O–H groups in total. The quantitative estimate of drug-likeness (QED) is 0.681. The average Bonchev–Trinajstić information content (AvgIpc) is 3.19. The molecule has 8 nitrogen and oxygen atoms in total. The zero-order valence-corrected chi connectivity index (χ0v) is 18.1. The first kappa shape index (κ1) is 21.3. The second kappa shape index (κ2) is 8.16. The highest BCUT2D eigenvalue weighted by Crippen LogP contribution is 2.38. The van der Waals surface area contributed by atoms with Crippen molar-refractivity contribution in [1.82, 2.24) is 19.9 Å². The predicted molar refractivity (Wildman–Crippen MR) is 107 cm³/mol. The van der Waals surface area contributed by atoms with Crippen LogP contribution in [-0.2, 0) is 11.2 Å². The number of hydrogen-bond donors (Lipinski definition) is 0. The van der Waals surface area contributed by atoms with Gasteiger partial charge in [0, 0.05) is 38.7 Å². The smallest absolute Gasteiger partial charge is 0.327 e. The Balaban J connectivity index is 1.73. The largest absolute Gasteiger partial charge is 0.361 e. The summed E-state index contributed by atoms with van der Waals surface area (Å²) >= 11 is 0. The number of nitrogens with zero attached hydrogens (tertiary/aromatic N) is 4. The first-order valence-electron chi connectivity index (χ1n) is 10.6. The summed E-state index contributed by atoms with van der Waals surface area (Å²) in [6.07, 6.45) is 1.63. The first-order chi connectivity index (χ1) is 13.7. The summed E-state index contributed by atoms with van der Waals surface area (Å²) in [5.41, 5.74) is -0.527. The maximum absolute atomic E-state index is 13.1. The van der Waals surface area contributed by atoms with Crippen LogP contribution in [0.25, 0.3) is 0 Å². The molecule has 29 heavy (non-hydrogen) atoms.